The highest BCUT2D eigenvalue weighted by Gasteiger charge is 2.23. The zero-order valence-electron chi connectivity index (χ0n) is 23.8. The van der Waals surface area contributed by atoms with Crippen molar-refractivity contribution in [2.45, 2.75) is 6.92 Å². The van der Waals surface area contributed by atoms with Crippen LogP contribution in [-0.2, 0) is 11.8 Å². The molecule has 0 atom stereocenters. The SMILES string of the molecule is C=CC(=O)Nc1cc(NCCNC)cc(C)c1Nc1cc2c(=O)n(C)c(-c3c(Cl)c(OC)cc(OC)c3Cl)nc2cn1. The van der Waals surface area contributed by atoms with Gasteiger partial charge in [0.25, 0.3) is 5.56 Å². The molecule has 220 valence electrons. The molecule has 2 aromatic carbocycles. The number of hydrogen-bond acceptors (Lipinski definition) is 9. The summed E-state index contributed by atoms with van der Waals surface area (Å²) in [4.78, 5) is 35.0. The summed E-state index contributed by atoms with van der Waals surface area (Å²) in [5, 5.41) is 13.2. The highest BCUT2D eigenvalue weighted by Crippen LogP contribution is 2.45. The fourth-order valence-electron chi connectivity index (χ4n) is 4.35. The lowest BCUT2D eigenvalue weighted by atomic mass is 10.1. The molecule has 11 nitrogen and oxygen atoms in total. The van der Waals surface area contributed by atoms with Crippen LogP contribution in [0.15, 0.2) is 47.9 Å². The number of ether oxygens (including phenoxy) is 2. The van der Waals surface area contributed by atoms with Gasteiger partial charge in [0.1, 0.15) is 23.1 Å². The molecular formula is C29H31Cl2N7O4. The molecule has 0 aliphatic carbocycles. The second-order valence-electron chi connectivity index (χ2n) is 9.23. The van der Waals surface area contributed by atoms with E-state index in [2.05, 4.69) is 37.8 Å². The van der Waals surface area contributed by atoms with Crippen LogP contribution in [0.1, 0.15) is 5.56 Å². The molecule has 0 saturated heterocycles. The highest BCUT2D eigenvalue weighted by molar-refractivity contribution is 6.41. The number of nitrogens with one attached hydrogen (secondary N) is 4. The van der Waals surface area contributed by atoms with Gasteiger partial charge >= 0.3 is 0 Å². The monoisotopic (exact) mass is 611 g/mol. The lowest BCUT2D eigenvalue weighted by Crippen LogP contribution is -2.21. The van der Waals surface area contributed by atoms with E-state index in [9.17, 15) is 9.59 Å². The fraction of sp³-hybridized carbons (Fsp3) is 0.241. The molecule has 0 radical (unpaired) electrons. The lowest BCUT2D eigenvalue weighted by Gasteiger charge is -2.18. The number of methoxy groups -OCH3 is 2. The predicted octanol–water partition coefficient (Wildman–Crippen LogP) is 5.13. The van der Waals surface area contributed by atoms with Crippen LogP contribution < -0.4 is 36.3 Å². The number of halogens is 2. The fourth-order valence-corrected chi connectivity index (χ4v) is 5.02. The summed E-state index contributed by atoms with van der Waals surface area (Å²) < 4.78 is 12.1. The molecule has 4 aromatic rings. The molecule has 0 unspecified atom stereocenters. The van der Waals surface area contributed by atoms with E-state index in [4.69, 9.17) is 32.7 Å². The molecule has 0 saturated carbocycles. The van der Waals surface area contributed by atoms with E-state index in [1.165, 1.54) is 31.1 Å². The van der Waals surface area contributed by atoms with Gasteiger partial charge in [0.2, 0.25) is 5.91 Å². The molecule has 2 heterocycles. The summed E-state index contributed by atoms with van der Waals surface area (Å²) in [6.07, 6.45) is 2.67. The highest BCUT2D eigenvalue weighted by atomic mass is 35.5. The first-order valence-corrected chi connectivity index (χ1v) is 13.6. The molecule has 42 heavy (non-hydrogen) atoms. The minimum Gasteiger partial charge on any atom is -0.495 e. The third-order valence-electron chi connectivity index (χ3n) is 6.50. The molecule has 0 aliphatic heterocycles. The number of hydrogen-bond donors (Lipinski definition) is 4. The molecule has 13 heteroatoms. The van der Waals surface area contributed by atoms with Crippen LogP contribution in [0.5, 0.6) is 11.5 Å². The number of amides is 1. The Morgan fingerprint density at radius 1 is 1.10 bits per heavy atom. The molecule has 0 spiro atoms. The van der Waals surface area contributed by atoms with Crippen molar-refractivity contribution in [3.8, 4) is 22.9 Å². The number of pyridine rings is 1. The summed E-state index contributed by atoms with van der Waals surface area (Å²) in [6, 6.07) is 6.93. The van der Waals surface area contributed by atoms with E-state index in [0.29, 0.717) is 51.7 Å². The first-order valence-electron chi connectivity index (χ1n) is 12.8. The number of nitrogens with zero attached hydrogens (tertiary/aromatic N) is 3. The van der Waals surface area contributed by atoms with E-state index in [0.717, 1.165) is 17.8 Å². The van der Waals surface area contributed by atoms with Crippen molar-refractivity contribution in [3.63, 3.8) is 0 Å². The van der Waals surface area contributed by atoms with Gasteiger partial charge in [-0.2, -0.15) is 0 Å². The Bertz CT molecular complexity index is 1710. The van der Waals surface area contributed by atoms with Crippen molar-refractivity contribution >= 4 is 62.9 Å². The van der Waals surface area contributed by atoms with Gasteiger partial charge in [-0.15, -0.1) is 0 Å². The van der Waals surface area contributed by atoms with Gasteiger partial charge < -0.3 is 30.7 Å². The maximum atomic E-state index is 13.6. The van der Waals surface area contributed by atoms with Crippen molar-refractivity contribution in [3.05, 3.63) is 69.1 Å². The molecule has 0 aliphatic rings. The van der Waals surface area contributed by atoms with Gasteiger partial charge in [0, 0.05) is 31.9 Å². The minimum atomic E-state index is -0.367. The number of anilines is 4. The van der Waals surface area contributed by atoms with E-state index < -0.39 is 0 Å². The van der Waals surface area contributed by atoms with Crippen LogP contribution in [0.2, 0.25) is 10.0 Å². The number of aromatic nitrogens is 3. The Kier molecular flexibility index (Phi) is 9.56. The third-order valence-corrected chi connectivity index (χ3v) is 7.25. The molecule has 0 bridgehead atoms. The summed E-state index contributed by atoms with van der Waals surface area (Å²) in [7, 11) is 6.38. The van der Waals surface area contributed by atoms with Crippen molar-refractivity contribution in [2.24, 2.45) is 7.05 Å². The largest absolute Gasteiger partial charge is 0.495 e. The number of aryl methyl sites for hydroxylation is 1. The summed E-state index contributed by atoms with van der Waals surface area (Å²) in [5.41, 5.74) is 3.06. The number of carbonyl (C=O) groups is 1. The van der Waals surface area contributed by atoms with Gasteiger partial charge in [0.05, 0.1) is 58.3 Å². The standard InChI is InChI=1S/C29H31Cl2N7O4/c1-7-23(39)35-18-11-16(33-9-8-32-3)10-15(2)27(18)37-22-12-17-19(14-34-22)36-28(38(4)29(17)40)24-25(30)20(41-5)13-21(42-6)26(24)31/h7,10-14,32-33H,1,8-9H2,2-6H3,(H,34,37)(H,35,39). The van der Waals surface area contributed by atoms with Crippen LogP contribution in [0.3, 0.4) is 0 Å². The van der Waals surface area contributed by atoms with Gasteiger partial charge in [-0.3, -0.25) is 14.2 Å². The average molecular weight is 613 g/mol. The predicted molar refractivity (Wildman–Crippen MR) is 169 cm³/mol. The van der Waals surface area contributed by atoms with E-state index in [-0.39, 0.29) is 27.3 Å². The first kappa shape index (κ1) is 30.6. The van der Waals surface area contributed by atoms with Crippen LogP contribution in [-0.4, -0.2) is 54.8 Å². The second-order valence-corrected chi connectivity index (χ2v) is 9.99. The van der Waals surface area contributed by atoms with Crippen LogP contribution in [0.25, 0.3) is 22.3 Å². The number of rotatable bonds is 11. The van der Waals surface area contributed by atoms with Crippen molar-refractivity contribution in [1.82, 2.24) is 19.9 Å². The van der Waals surface area contributed by atoms with Crippen molar-refractivity contribution < 1.29 is 14.3 Å². The Hall–Kier alpha value is -4.32. The van der Waals surface area contributed by atoms with Crippen molar-refractivity contribution in [1.29, 1.82) is 0 Å². The molecule has 1 amide bonds. The Morgan fingerprint density at radius 3 is 2.40 bits per heavy atom. The Balaban J connectivity index is 1.79. The Labute approximate surface area is 252 Å². The van der Waals surface area contributed by atoms with E-state index in [1.54, 1.807) is 19.2 Å². The normalized spacial score (nSPS) is 10.8. The smallest absolute Gasteiger partial charge is 0.261 e. The molecule has 4 rings (SSSR count). The maximum absolute atomic E-state index is 13.6. The maximum Gasteiger partial charge on any atom is 0.261 e. The number of benzene rings is 2. The molecule has 2 aromatic heterocycles. The van der Waals surface area contributed by atoms with Crippen LogP contribution >= 0.6 is 23.2 Å². The van der Waals surface area contributed by atoms with E-state index >= 15 is 0 Å². The molecule has 4 N–H and O–H groups in total. The Morgan fingerprint density at radius 2 is 1.79 bits per heavy atom. The second kappa shape index (κ2) is 13.1. The summed E-state index contributed by atoms with van der Waals surface area (Å²) >= 11 is 13.2. The molecule has 0 fully saturated rings. The third kappa shape index (κ3) is 6.13. The summed E-state index contributed by atoms with van der Waals surface area (Å²) in [6.45, 7) is 6.91. The number of likely N-dealkylation sites (N-methyl/N-ethyl adjacent to an activating group) is 1. The van der Waals surface area contributed by atoms with Crippen LogP contribution in [0, 0.1) is 6.92 Å². The van der Waals surface area contributed by atoms with Crippen molar-refractivity contribution in [2.75, 3.05) is 50.3 Å². The zero-order valence-corrected chi connectivity index (χ0v) is 25.3. The van der Waals surface area contributed by atoms with Gasteiger partial charge in [0.15, 0.2) is 0 Å². The quantitative estimate of drug-likeness (QED) is 0.135. The average Bonchev–Trinajstić information content (AvgIpc) is 2.97. The topological polar surface area (TPSA) is 131 Å². The first-order chi connectivity index (χ1) is 20.1. The van der Waals surface area contributed by atoms with Gasteiger partial charge in [-0.1, -0.05) is 29.8 Å². The number of fused-ring (bicyclic) bond motifs is 1. The van der Waals surface area contributed by atoms with E-state index in [1.807, 2.05) is 26.1 Å². The summed E-state index contributed by atoms with van der Waals surface area (Å²) in [5.74, 6) is 0.861. The minimum absolute atomic E-state index is 0.185. The molecular weight excluding hydrogens is 581 g/mol. The van der Waals surface area contributed by atoms with Gasteiger partial charge in [-0.25, -0.2) is 9.97 Å². The van der Waals surface area contributed by atoms with Crippen LogP contribution in [0.4, 0.5) is 22.9 Å². The zero-order chi connectivity index (χ0) is 30.6. The lowest BCUT2D eigenvalue weighted by molar-refractivity contribution is -0.111. The number of carbonyl (C=O) groups excluding carboxylic acids is 1. The van der Waals surface area contributed by atoms with Gasteiger partial charge in [-0.05, 0) is 43.8 Å².